The maximum absolute atomic E-state index is 13.5. The van der Waals surface area contributed by atoms with E-state index >= 15 is 0 Å². The van der Waals surface area contributed by atoms with E-state index in [0.29, 0.717) is 5.56 Å². The highest BCUT2D eigenvalue weighted by Crippen LogP contribution is 2.37. The molecule has 3 aromatic rings. The van der Waals surface area contributed by atoms with Crippen LogP contribution < -0.4 is 16.2 Å². The maximum atomic E-state index is 13.5. The molecule has 0 aliphatic rings. The third kappa shape index (κ3) is 5.81. The molecule has 8 nitrogen and oxygen atoms in total. The third-order valence-electron chi connectivity index (χ3n) is 5.29. The van der Waals surface area contributed by atoms with E-state index in [2.05, 4.69) is 10.6 Å². The number of pyridine rings is 1. The van der Waals surface area contributed by atoms with Crippen LogP contribution in [-0.4, -0.2) is 26.8 Å². The van der Waals surface area contributed by atoms with E-state index in [1.807, 2.05) is 0 Å². The zero-order valence-electron chi connectivity index (χ0n) is 18.7. The lowest BCUT2D eigenvalue weighted by Gasteiger charge is -2.20. The maximum Gasteiger partial charge on any atom is 0.417 e. The number of anilines is 1. The molecule has 0 saturated heterocycles. The van der Waals surface area contributed by atoms with E-state index in [9.17, 15) is 37.8 Å². The van der Waals surface area contributed by atoms with Crippen LogP contribution in [0.15, 0.2) is 59.5 Å². The summed E-state index contributed by atoms with van der Waals surface area (Å²) in [4.78, 5) is 36.4. The number of aliphatic carboxylic acids is 1. The molecule has 4 N–H and O–H groups in total. The first-order valence-electron chi connectivity index (χ1n) is 10.3. The van der Waals surface area contributed by atoms with Crippen LogP contribution in [0.4, 0.5) is 23.7 Å². The number of rotatable bonds is 6. The molecule has 1 atom stereocenters. The van der Waals surface area contributed by atoms with Crippen LogP contribution in [0.25, 0.3) is 11.1 Å². The van der Waals surface area contributed by atoms with Gasteiger partial charge in [-0.3, -0.25) is 9.59 Å². The minimum absolute atomic E-state index is 0.103. The van der Waals surface area contributed by atoms with Gasteiger partial charge in [0.2, 0.25) is 0 Å². The Labute approximate surface area is 197 Å². The molecule has 0 aliphatic heterocycles. The molecule has 0 unspecified atom stereocenters. The largest absolute Gasteiger partial charge is 0.505 e. The number of urea groups is 1. The number of nitrogens with zero attached hydrogens (tertiary/aromatic N) is 1. The standard InChI is InChI=1S/C24H22F3N3O5/c1-13-12-30(2)22(34)20(21(13)33)29-23(35)28-18(11-19(31)32)15-7-5-6-14(10-15)16-8-3-4-9-17(16)24(25,26)27/h3-10,12,18,33H,11H2,1-2H3,(H,31,32)(H2,28,29,35)/t18-/m0/s1. The Morgan fingerprint density at radius 3 is 2.46 bits per heavy atom. The van der Waals surface area contributed by atoms with Gasteiger partial charge in [-0.2, -0.15) is 13.2 Å². The summed E-state index contributed by atoms with van der Waals surface area (Å²) in [5.41, 5.74) is -1.31. The van der Waals surface area contributed by atoms with E-state index in [-0.39, 0.29) is 16.7 Å². The number of aromatic nitrogens is 1. The summed E-state index contributed by atoms with van der Waals surface area (Å²) >= 11 is 0. The molecule has 1 heterocycles. The van der Waals surface area contributed by atoms with Gasteiger partial charge in [0.15, 0.2) is 5.69 Å². The van der Waals surface area contributed by atoms with Crippen molar-refractivity contribution in [1.82, 2.24) is 9.88 Å². The summed E-state index contributed by atoms with van der Waals surface area (Å²) in [6, 6.07) is 8.55. The first-order chi connectivity index (χ1) is 16.4. The first kappa shape index (κ1) is 25.3. The Morgan fingerprint density at radius 2 is 1.80 bits per heavy atom. The lowest BCUT2D eigenvalue weighted by Crippen LogP contribution is -2.36. The third-order valence-corrected chi connectivity index (χ3v) is 5.29. The fraction of sp³-hybridized carbons (Fsp3) is 0.208. The topological polar surface area (TPSA) is 121 Å². The van der Waals surface area contributed by atoms with Crippen molar-refractivity contribution in [1.29, 1.82) is 0 Å². The number of benzene rings is 2. The van der Waals surface area contributed by atoms with Gasteiger partial charge >= 0.3 is 18.2 Å². The Morgan fingerprint density at radius 1 is 1.11 bits per heavy atom. The predicted molar refractivity (Wildman–Crippen MR) is 122 cm³/mol. The van der Waals surface area contributed by atoms with Gasteiger partial charge in [-0.05, 0) is 35.7 Å². The highest BCUT2D eigenvalue weighted by molar-refractivity contribution is 5.91. The summed E-state index contributed by atoms with van der Waals surface area (Å²) in [7, 11) is 1.43. The van der Waals surface area contributed by atoms with Crippen LogP contribution in [0.3, 0.4) is 0 Å². The number of hydrogen-bond acceptors (Lipinski definition) is 4. The van der Waals surface area contributed by atoms with Crippen molar-refractivity contribution in [3.05, 3.63) is 81.8 Å². The van der Waals surface area contributed by atoms with Crippen molar-refractivity contribution < 1.29 is 33.0 Å². The number of carboxylic acids is 1. The number of nitrogens with one attached hydrogen (secondary N) is 2. The molecule has 0 bridgehead atoms. The summed E-state index contributed by atoms with van der Waals surface area (Å²) < 4.78 is 41.6. The predicted octanol–water partition coefficient (Wildman–Crippen LogP) is 4.42. The van der Waals surface area contributed by atoms with Gasteiger partial charge in [-0.1, -0.05) is 36.4 Å². The Hall–Kier alpha value is -4.28. The van der Waals surface area contributed by atoms with Crippen LogP contribution >= 0.6 is 0 Å². The van der Waals surface area contributed by atoms with E-state index in [0.717, 1.165) is 10.6 Å². The summed E-state index contributed by atoms with van der Waals surface area (Å²) in [5, 5.41) is 24.1. The fourth-order valence-corrected chi connectivity index (χ4v) is 3.64. The first-order valence-corrected chi connectivity index (χ1v) is 10.3. The minimum atomic E-state index is -4.60. The molecular formula is C24H22F3N3O5. The molecular weight excluding hydrogens is 467 g/mol. The number of carboxylic acid groups (broad SMARTS) is 1. The molecule has 0 aliphatic carbocycles. The molecule has 184 valence electrons. The van der Waals surface area contributed by atoms with Gasteiger partial charge in [0.1, 0.15) is 5.75 Å². The lowest BCUT2D eigenvalue weighted by molar-refractivity contribution is -0.138. The number of amides is 2. The van der Waals surface area contributed by atoms with Crippen molar-refractivity contribution in [2.45, 2.75) is 25.6 Å². The molecule has 11 heteroatoms. The van der Waals surface area contributed by atoms with E-state index in [1.54, 1.807) is 0 Å². The van der Waals surface area contributed by atoms with E-state index in [1.165, 1.54) is 62.6 Å². The SMILES string of the molecule is Cc1cn(C)c(=O)c(NC(=O)N[C@@H](CC(=O)O)c2cccc(-c3ccccc3C(F)(F)F)c2)c1O. The second-order valence-electron chi connectivity index (χ2n) is 7.87. The van der Waals surface area contributed by atoms with Crippen molar-refractivity contribution in [3.8, 4) is 16.9 Å². The number of aryl methyl sites for hydroxylation is 2. The smallest absolute Gasteiger partial charge is 0.417 e. The lowest BCUT2D eigenvalue weighted by atomic mass is 9.95. The molecule has 2 aromatic carbocycles. The number of carbonyl (C=O) groups excluding carboxylic acids is 1. The molecule has 0 radical (unpaired) electrons. The molecule has 35 heavy (non-hydrogen) atoms. The van der Waals surface area contributed by atoms with Crippen LogP contribution in [0, 0.1) is 6.92 Å². The Balaban J connectivity index is 1.94. The minimum Gasteiger partial charge on any atom is -0.505 e. The number of halogens is 3. The average Bonchev–Trinajstić information content (AvgIpc) is 2.79. The van der Waals surface area contributed by atoms with Gasteiger partial charge in [0, 0.05) is 18.8 Å². The average molecular weight is 489 g/mol. The van der Waals surface area contributed by atoms with Crippen molar-refractivity contribution in [3.63, 3.8) is 0 Å². The number of aromatic hydroxyl groups is 1. The van der Waals surface area contributed by atoms with E-state index in [4.69, 9.17) is 0 Å². The van der Waals surface area contributed by atoms with Gasteiger partial charge in [-0.25, -0.2) is 4.79 Å². The van der Waals surface area contributed by atoms with Gasteiger partial charge in [0.25, 0.3) is 5.56 Å². The van der Waals surface area contributed by atoms with Crippen molar-refractivity contribution >= 4 is 17.7 Å². The second-order valence-corrected chi connectivity index (χ2v) is 7.87. The van der Waals surface area contributed by atoms with Gasteiger partial charge < -0.3 is 25.4 Å². The highest BCUT2D eigenvalue weighted by atomic mass is 19.4. The van der Waals surface area contributed by atoms with Crippen LogP contribution in [0.1, 0.15) is 29.2 Å². The van der Waals surface area contributed by atoms with Crippen LogP contribution in [-0.2, 0) is 18.0 Å². The van der Waals surface area contributed by atoms with Crippen LogP contribution in [0.5, 0.6) is 5.75 Å². The quantitative estimate of drug-likeness (QED) is 0.409. The zero-order valence-corrected chi connectivity index (χ0v) is 18.7. The molecule has 0 fully saturated rings. The molecule has 1 aromatic heterocycles. The molecule has 2 amide bonds. The van der Waals surface area contributed by atoms with Crippen LogP contribution in [0.2, 0.25) is 0 Å². The molecule has 0 spiro atoms. The summed E-state index contributed by atoms with van der Waals surface area (Å²) in [6.45, 7) is 1.52. The second kappa shape index (κ2) is 9.92. The van der Waals surface area contributed by atoms with E-state index < -0.39 is 53.2 Å². The summed E-state index contributed by atoms with van der Waals surface area (Å²) in [5.74, 6) is -1.71. The molecule has 0 saturated carbocycles. The molecule has 3 rings (SSSR count). The fourth-order valence-electron chi connectivity index (χ4n) is 3.64. The van der Waals surface area contributed by atoms with Gasteiger partial charge in [-0.15, -0.1) is 0 Å². The Bertz CT molecular complexity index is 1330. The zero-order chi connectivity index (χ0) is 25.9. The monoisotopic (exact) mass is 489 g/mol. The highest BCUT2D eigenvalue weighted by Gasteiger charge is 2.33. The van der Waals surface area contributed by atoms with Crippen molar-refractivity contribution in [2.75, 3.05) is 5.32 Å². The normalized spacial score (nSPS) is 12.1. The van der Waals surface area contributed by atoms with Gasteiger partial charge in [0.05, 0.1) is 18.0 Å². The Kier molecular flexibility index (Phi) is 7.18. The summed E-state index contributed by atoms with van der Waals surface area (Å²) in [6.07, 6.45) is -3.82. The number of carbonyl (C=O) groups is 2. The number of hydrogen-bond donors (Lipinski definition) is 4. The number of alkyl halides is 3. The van der Waals surface area contributed by atoms with Crippen molar-refractivity contribution in [2.24, 2.45) is 7.05 Å².